The number of nitrogens with zero attached hydrogens (tertiary/aromatic N) is 2. The highest BCUT2D eigenvalue weighted by molar-refractivity contribution is 8.01. The fourth-order valence-electron chi connectivity index (χ4n) is 3.82. The van der Waals surface area contributed by atoms with Gasteiger partial charge in [0.25, 0.3) is 5.91 Å². The molecule has 3 aliphatic rings. The first-order valence-corrected chi connectivity index (χ1v) is 10.3. The number of thiazole rings is 1. The molecule has 2 unspecified atom stereocenters. The molecule has 3 saturated heterocycles. The zero-order valence-corrected chi connectivity index (χ0v) is 15.8. The number of nitrogen functional groups attached to an aromatic ring is 1. The third kappa shape index (κ3) is 3.54. The van der Waals surface area contributed by atoms with Gasteiger partial charge in [-0.05, 0) is 63.0 Å². The molecule has 5 nitrogen and oxygen atoms in total. The van der Waals surface area contributed by atoms with E-state index in [1.165, 1.54) is 24.2 Å². The van der Waals surface area contributed by atoms with E-state index in [0.717, 1.165) is 27.9 Å². The van der Waals surface area contributed by atoms with Gasteiger partial charge in [0.2, 0.25) is 0 Å². The number of anilines is 1. The van der Waals surface area contributed by atoms with E-state index in [1.54, 1.807) is 18.0 Å². The Labute approximate surface area is 156 Å². The van der Waals surface area contributed by atoms with Crippen LogP contribution in [0.1, 0.15) is 29.6 Å². The molecule has 132 valence electrons. The van der Waals surface area contributed by atoms with Gasteiger partial charge in [0.1, 0.15) is 0 Å². The average molecular weight is 375 g/mol. The van der Waals surface area contributed by atoms with Crippen molar-refractivity contribution in [2.75, 3.05) is 18.8 Å². The first-order chi connectivity index (χ1) is 12.1. The molecule has 2 aromatic rings. The lowest BCUT2D eigenvalue weighted by Crippen LogP contribution is -2.62. The van der Waals surface area contributed by atoms with E-state index < -0.39 is 0 Å². The molecule has 25 heavy (non-hydrogen) atoms. The third-order valence-electron chi connectivity index (χ3n) is 5.25. The minimum Gasteiger partial charge on any atom is -0.399 e. The van der Waals surface area contributed by atoms with E-state index >= 15 is 0 Å². The molecule has 4 heterocycles. The second-order valence-electron chi connectivity index (χ2n) is 6.77. The molecule has 2 atom stereocenters. The number of carbonyl (C=O) groups is 1. The summed E-state index contributed by atoms with van der Waals surface area (Å²) >= 11 is 3.05. The third-order valence-corrected chi connectivity index (χ3v) is 7.36. The predicted molar refractivity (Wildman–Crippen MR) is 102 cm³/mol. The average Bonchev–Trinajstić information content (AvgIpc) is 3.09. The second kappa shape index (κ2) is 6.97. The van der Waals surface area contributed by atoms with Gasteiger partial charge in [-0.15, -0.1) is 11.3 Å². The van der Waals surface area contributed by atoms with Crippen LogP contribution >= 0.6 is 23.1 Å². The van der Waals surface area contributed by atoms with Crippen LogP contribution in [0, 0.1) is 5.92 Å². The van der Waals surface area contributed by atoms with Gasteiger partial charge in [0.15, 0.2) is 5.01 Å². The lowest BCUT2D eigenvalue weighted by atomic mass is 9.79. The molecule has 3 fully saturated rings. The van der Waals surface area contributed by atoms with Crippen molar-refractivity contribution in [1.82, 2.24) is 15.2 Å². The first-order valence-electron chi connectivity index (χ1n) is 8.64. The normalized spacial score (nSPS) is 28.0. The van der Waals surface area contributed by atoms with Crippen LogP contribution in [0.3, 0.4) is 0 Å². The largest absolute Gasteiger partial charge is 0.399 e. The number of nitrogens with one attached hydrogen (secondary N) is 1. The molecule has 3 N–H and O–H groups in total. The minimum atomic E-state index is -0.0419. The number of aromatic nitrogens is 1. The van der Waals surface area contributed by atoms with E-state index in [0.29, 0.717) is 17.0 Å². The molecule has 3 aliphatic heterocycles. The monoisotopic (exact) mass is 374 g/mol. The molecule has 7 heteroatoms. The summed E-state index contributed by atoms with van der Waals surface area (Å²) < 4.78 is 1.01. The number of amides is 1. The quantitative estimate of drug-likeness (QED) is 0.805. The summed E-state index contributed by atoms with van der Waals surface area (Å²) in [7, 11) is 0. The Kier molecular flexibility index (Phi) is 4.71. The van der Waals surface area contributed by atoms with Crippen LogP contribution in [0.4, 0.5) is 5.69 Å². The summed E-state index contributed by atoms with van der Waals surface area (Å²) in [6.07, 6.45) is 4.15. The molecule has 1 aromatic heterocycles. The van der Waals surface area contributed by atoms with Gasteiger partial charge in [0, 0.05) is 22.7 Å². The van der Waals surface area contributed by atoms with Gasteiger partial charge in [-0.2, -0.15) is 0 Å². The molecule has 0 saturated carbocycles. The lowest BCUT2D eigenvalue weighted by Gasteiger charge is -2.49. The van der Waals surface area contributed by atoms with E-state index in [2.05, 4.69) is 22.1 Å². The summed E-state index contributed by atoms with van der Waals surface area (Å²) in [6.45, 7) is 4.55. The molecule has 5 rings (SSSR count). The Bertz CT molecular complexity index is 751. The van der Waals surface area contributed by atoms with Crippen molar-refractivity contribution in [3.63, 3.8) is 0 Å². The summed E-state index contributed by atoms with van der Waals surface area (Å²) in [5.41, 5.74) is 6.46. The number of hydrogen-bond donors (Lipinski definition) is 2. The Morgan fingerprint density at radius 3 is 2.72 bits per heavy atom. The number of nitrogens with two attached hydrogens (primary N) is 1. The van der Waals surface area contributed by atoms with E-state index in [1.807, 2.05) is 24.3 Å². The van der Waals surface area contributed by atoms with Crippen molar-refractivity contribution in [2.45, 2.75) is 41.0 Å². The van der Waals surface area contributed by atoms with Gasteiger partial charge in [-0.25, -0.2) is 4.98 Å². The van der Waals surface area contributed by atoms with Gasteiger partial charge in [-0.1, -0.05) is 11.8 Å². The SMILES string of the molecule is CC1C(NC(=O)c2ncc(Sc3ccc(N)cc3)s2)C2CCN1CC2. The molecular formula is C18H22N4OS2. The number of fused-ring (bicyclic) bond motifs is 3. The zero-order valence-electron chi connectivity index (χ0n) is 14.1. The molecule has 0 aliphatic carbocycles. The highest BCUT2D eigenvalue weighted by atomic mass is 32.2. The van der Waals surface area contributed by atoms with Crippen LogP contribution in [0.5, 0.6) is 0 Å². The number of rotatable bonds is 4. The Balaban J connectivity index is 1.41. The summed E-state index contributed by atoms with van der Waals surface area (Å²) in [6, 6.07) is 8.38. The fraction of sp³-hybridized carbons (Fsp3) is 0.444. The van der Waals surface area contributed by atoms with Gasteiger partial charge in [-0.3, -0.25) is 9.69 Å². The number of piperidine rings is 3. The Morgan fingerprint density at radius 1 is 1.32 bits per heavy atom. The highest BCUT2D eigenvalue weighted by Gasteiger charge is 2.40. The number of hydrogen-bond acceptors (Lipinski definition) is 6. The second-order valence-corrected chi connectivity index (χ2v) is 9.17. The molecule has 0 spiro atoms. The van der Waals surface area contributed by atoms with Crippen LogP contribution in [-0.4, -0.2) is 41.0 Å². The standard InChI is InChI=1S/C18H22N4OS2/c1-11-16(12-6-8-22(11)9-7-12)21-17(23)18-20-10-15(25-18)24-14-4-2-13(19)3-5-14/h2-5,10-12,16H,6-9,19H2,1H3,(H,21,23). The summed E-state index contributed by atoms with van der Waals surface area (Å²) in [5.74, 6) is 0.562. The van der Waals surface area contributed by atoms with Crippen LogP contribution < -0.4 is 11.1 Å². The minimum absolute atomic E-state index is 0.0419. The number of benzene rings is 1. The van der Waals surface area contributed by atoms with Crippen LogP contribution in [0.2, 0.25) is 0 Å². The van der Waals surface area contributed by atoms with Crippen LogP contribution in [-0.2, 0) is 0 Å². The maximum Gasteiger partial charge on any atom is 0.280 e. The lowest BCUT2D eigenvalue weighted by molar-refractivity contribution is 0.0217. The number of carbonyl (C=O) groups excluding carboxylic acids is 1. The maximum atomic E-state index is 12.6. The van der Waals surface area contributed by atoms with E-state index in [9.17, 15) is 4.79 Å². The van der Waals surface area contributed by atoms with E-state index in [4.69, 9.17) is 5.73 Å². The highest BCUT2D eigenvalue weighted by Crippen LogP contribution is 2.34. The maximum absolute atomic E-state index is 12.6. The Morgan fingerprint density at radius 2 is 2.04 bits per heavy atom. The topological polar surface area (TPSA) is 71.2 Å². The first kappa shape index (κ1) is 16.9. The van der Waals surface area contributed by atoms with Crippen LogP contribution in [0.15, 0.2) is 39.6 Å². The molecule has 1 aromatic carbocycles. The van der Waals surface area contributed by atoms with Gasteiger partial charge >= 0.3 is 0 Å². The van der Waals surface area contributed by atoms with Crippen molar-refractivity contribution in [3.05, 3.63) is 35.5 Å². The Hall–Kier alpha value is -1.57. The zero-order chi connectivity index (χ0) is 17.4. The predicted octanol–water partition coefficient (Wildman–Crippen LogP) is 3.09. The van der Waals surface area contributed by atoms with Crippen molar-refractivity contribution in [3.8, 4) is 0 Å². The summed E-state index contributed by atoms with van der Waals surface area (Å²) in [5, 5.41) is 3.79. The molecular weight excluding hydrogens is 352 g/mol. The smallest absolute Gasteiger partial charge is 0.280 e. The summed E-state index contributed by atoms with van der Waals surface area (Å²) in [4.78, 5) is 20.5. The van der Waals surface area contributed by atoms with E-state index in [-0.39, 0.29) is 11.9 Å². The molecule has 1 amide bonds. The van der Waals surface area contributed by atoms with Crippen LogP contribution in [0.25, 0.3) is 0 Å². The van der Waals surface area contributed by atoms with Crippen molar-refractivity contribution in [1.29, 1.82) is 0 Å². The molecule has 0 radical (unpaired) electrons. The van der Waals surface area contributed by atoms with Crippen molar-refractivity contribution in [2.24, 2.45) is 5.92 Å². The van der Waals surface area contributed by atoms with Crippen molar-refractivity contribution >= 4 is 34.7 Å². The van der Waals surface area contributed by atoms with Crippen molar-refractivity contribution < 1.29 is 4.79 Å². The van der Waals surface area contributed by atoms with Gasteiger partial charge in [0.05, 0.1) is 10.4 Å². The fourth-order valence-corrected chi connectivity index (χ4v) is 5.68. The van der Waals surface area contributed by atoms with Gasteiger partial charge < -0.3 is 11.1 Å². The molecule has 2 bridgehead atoms.